The number of aromatic nitrogens is 1. The smallest absolute Gasteiger partial charge is 0.255 e. The summed E-state index contributed by atoms with van der Waals surface area (Å²) in [7, 11) is 0. The summed E-state index contributed by atoms with van der Waals surface area (Å²) >= 11 is 7.82. The molecular formula is C24H21ClN2O2S. The quantitative estimate of drug-likeness (QED) is 0.316. The average Bonchev–Trinajstić information content (AvgIpc) is 3.19. The van der Waals surface area contributed by atoms with Crippen LogP contribution < -0.4 is 10.1 Å². The van der Waals surface area contributed by atoms with Gasteiger partial charge >= 0.3 is 0 Å². The minimum Gasteiger partial charge on any atom is -0.494 e. The third-order valence-electron chi connectivity index (χ3n) is 4.62. The van der Waals surface area contributed by atoms with Crippen LogP contribution in [0, 0.1) is 0 Å². The first-order chi connectivity index (χ1) is 14.6. The zero-order valence-corrected chi connectivity index (χ0v) is 18.1. The highest BCUT2D eigenvalue weighted by Crippen LogP contribution is 2.36. The highest BCUT2D eigenvalue weighted by Gasteiger charge is 2.15. The van der Waals surface area contributed by atoms with Crippen LogP contribution in [0.3, 0.4) is 0 Å². The molecule has 4 rings (SSSR count). The Morgan fingerprint density at radius 3 is 2.80 bits per heavy atom. The van der Waals surface area contributed by atoms with Crippen LogP contribution in [-0.2, 0) is 0 Å². The van der Waals surface area contributed by atoms with E-state index in [0.717, 1.165) is 33.6 Å². The summed E-state index contributed by atoms with van der Waals surface area (Å²) in [5.41, 5.74) is 2.93. The Bertz CT molecular complexity index is 1160. The van der Waals surface area contributed by atoms with Crippen LogP contribution in [0.15, 0.2) is 66.7 Å². The molecule has 4 aromatic rings. The van der Waals surface area contributed by atoms with Crippen molar-refractivity contribution in [2.75, 3.05) is 11.9 Å². The van der Waals surface area contributed by atoms with Gasteiger partial charge in [0, 0.05) is 16.1 Å². The number of anilines is 1. The number of thiazole rings is 1. The minimum absolute atomic E-state index is 0.208. The summed E-state index contributed by atoms with van der Waals surface area (Å²) in [4.78, 5) is 17.6. The lowest BCUT2D eigenvalue weighted by atomic mass is 10.1. The molecule has 0 spiro atoms. The largest absolute Gasteiger partial charge is 0.494 e. The van der Waals surface area contributed by atoms with Crippen molar-refractivity contribution in [3.05, 3.63) is 77.3 Å². The number of ether oxygens (including phenoxy) is 1. The van der Waals surface area contributed by atoms with Gasteiger partial charge in [-0.2, -0.15) is 0 Å². The zero-order valence-electron chi connectivity index (χ0n) is 16.5. The van der Waals surface area contributed by atoms with Gasteiger partial charge in [-0.25, -0.2) is 4.98 Å². The van der Waals surface area contributed by atoms with Crippen molar-refractivity contribution in [1.29, 1.82) is 0 Å². The zero-order chi connectivity index (χ0) is 20.9. The summed E-state index contributed by atoms with van der Waals surface area (Å²) in [6, 6.07) is 20.6. The molecular weight excluding hydrogens is 416 g/mol. The van der Waals surface area contributed by atoms with E-state index in [0.29, 0.717) is 28.6 Å². The molecule has 0 fully saturated rings. The molecule has 1 heterocycles. The molecule has 0 radical (unpaired) electrons. The number of para-hydroxylation sites is 1. The Kier molecular flexibility index (Phi) is 6.31. The van der Waals surface area contributed by atoms with Gasteiger partial charge < -0.3 is 10.1 Å². The van der Waals surface area contributed by atoms with E-state index in [2.05, 4.69) is 12.2 Å². The second-order valence-electron chi connectivity index (χ2n) is 6.86. The number of halogens is 1. The molecule has 0 unspecified atom stereocenters. The van der Waals surface area contributed by atoms with Gasteiger partial charge in [0.05, 0.1) is 22.5 Å². The second-order valence-corrected chi connectivity index (χ2v) is 8.33. The first kappa shape index (κ1) is 20.4. The Morgan fingerprint density at radius 1 is 1.10 bits per heavy atom. The predicted octanol–water partition coefficient (Wildman–Crippen LogP) is 7.05. The molecule has 3 aromatic carbocycles. The molecule has 30 heavy (non-hydrogen) atoms. The minimum atomic E-state index is -0.208. The fraction of sp³-hybridized carbons (Fsp3) is 0.167. The molecule has 0 aliphatic heterocycles. The second kappa shape index (κ2) is 9.28. The molecule has 0 atom stereocenters. The summed E-state index contributed by atoms with van der Waals surface area (Å²) in [5.74, 6) is 0.485. The van der Waals surface area contributed by atoms with E-state index in [1.807, 2.05) is 48.5 Å². The normalized spacial score (nSPS) is 10.9. The van der Waals surface area contributed by atoms with Gasteiger partial charge in [0.2, 0.25) is 0 Å². The van der Waals surface area contributed by atoms with Crippen molar-refractivity contribution in [2.24, 2.45) is 0 Å². The van der Waals surface area contributed by atoms with Crippen molar-refractivity contribution in [1.82, 2.24) is 4.98 Å². The summed E-state index contributed by atoms with van der Waals surface area (Å²) < 4.78 is 6.81. The molecule has 1 amide bonds. The maximum Gasteiger partial charge on any atom is 0.255 e. The highest BCUT2D eigenvalue weighted by atomic mass is 35.5. The first-order valence-electron chi connectivity index (χ1n) is 9.84. The fourth-order valence-corrected chi connectivity index (χ4v) is 4.21. The topological polar surface area (TPSA) is 51.2 Å². The van der Waals surface area contributed by atoms with E-state index in [1.54, 1.807) is 29.5 Å². The van der Waals surface area contributed by atoms with Gasteiger partial charge in [0.25, 0.3) is 5.91 Å². The van der Waals surface area contributed by atoms with E-state index in [-0.39, 0.29) is 5.91 Å². The summed E-state index contributed by atoms with van der Waals surface area (Å²) in [5, 5.41) is 4.41. The van der Waals surface area contributed by atoms with Crippen LogP contribution in [0.2, 0.25) is 5.02 Å². The first-order valence-corrected chi connectivity index (χ1v) is 11.0. The maximum atomic E-state index is 12.9. The number of rotatable bonds is 7. The Hall–Kier alpha value is -2.89. The number of benzene rings is 3. The van der Waals surface area contributed by atoms with Gasteiger partial charge in [0.1, 0.15) is 10.8 Å². The van der Waals surface area contributed by atoms with Gasteiger partial charge in [-0.1, -0.05) is 43.1 Å². The molecule has 4 nitrogen and oxygen atoms in total. The number of carbonyl (C=O) groups is 1. The predicted molar refractivity (Wildman–Crippen MR) is 125 cm³/mol. The van der Waals surface area contributed by atoms with Crippen molar-refractivity contribution in [2.45, 2.75) is 19.8 Å². The van der Waals surface area contributed by atoms with Crippen molar-refractivity contribution >= 4 is 44.7 Å². The third-order valence-corrected chi connectivity index (χ3v) is 5.92. The Morgan fingerprint density at radius 2 is 1.97 bits per heavy atom. The molecule has 0 saturated carbocycles. The number of carbonyl (C=O) groups excluding carboxylic acids is 1. The van der Waals surface area contributed by atoms with Gasteiger partial charge in [-0.3, -0.25) is 4.79 Å². The van der Waals surface area contributed by atoms with Crippen molar-refractivity contribution < 1.29 is 9.53 Å². The average molecular weight is 437 g/mol. The van der Waals surface area contributed by atoms with Crippen LogP contribution in [0.5, 0.6) is 5.75 Å². The molecule has 6 heteroatoms. The lowest BCUT2D eigenvalue weighted by molar-refractivity contribution is 0.102. The molecule has 1 aromatic heterocycles. The number of nitrogens with one attached hydrogen (secondary N) is 1. The Labute approximate surface area is 184 Å². The van der Waals surface area contributed by atoms with Gasteiger partial charge in [-0.15, -0.1) is 11.3 Å². The fourth-order valence-electron chi connectivity index (χ4n) is 3.05. The Balaban J connectivity index is 1.60. The molecule has 0 aliphatic rings. The number of nitrogens with zero attached hydrogens (tertiary/aromatic N) is 1. The standard InChI is InChI=1S/C24H21ClN2O2S/c1-2-3-13-29-18-8-6-7-16(14-18)23(28)26-20-12-11-17(25)15-19(20)24-27-21-9-4-5-10-22(21)30-24/h4-12,14-15H,2-3,13H2,1H3,(H,26,28). The maximum absolute atomic E-state index is 12.9. The van der Waals surface area contributed by atoms with Crippen molar-refractivity contribution in [3.63, 3.8) is 0 Å². The molecule has 152 valence electrons. The van der Waals surface area contributed by atoms with Crippen LogP contribution >= 0.6 is 22.9 Å². The molecule has 1 N–H and O–H groups in total. The van der Waals surface area contributed by atoms with Crippen LogP contribution in [0.1, 0.15) is 30.1 Å². The van der Waals surface area contributed by atoms with E-state index >= 15 is 0 Å². The monoisotopic (exact) mass is 436 g/mol. The number of unbranched alkanes of at least 4 members (excludes halogenated alkanes) is 1. The SMILES string of the molecule is CCCCOc1cccc(C(=O)Nc2ccc(Cl)cc2-c2nc3ccccc3s2)c1. The molecule has 0 bridgehead atoms. The van der Waals surface area contributed by atoms with E-state index < -0.39 is 0 Å². The van der Waals surface area contributed by atoms with E-state index in [4.69, 9.17) is 21.3 Å². The molecule has 0 aliphatic carbocycles. The van der Waals surface area contributed by atoms with Gasteiger partial charge in [-0.05, 0) is 55.0 Å². The lowest BCUT2D eigenvalue weighted by Crippen LogP contribution is -2.13. The van der Waals surface area contributed by atoms with Crippen LogP contribution in [0.25, 0.3) is 20.8 Å². The number of amides is 1. The summed E-state index contributed by atoms with van der Waals surface area (Å²) in [6.07, 6.45) is 2.04. The van der Waals surface area contributed by atoms with Crippen LogP contribution in [0.4, 0.5) is 5.69 Å². The van der Waals surface area contributed by atoms with Gasteiger partial charge in [0.15, 0.2) is 0 Å². The highest BCUT2D eigenvalue weighted by molar-refractivity contribution is 7.21. The number of fused-ring (bicyclic) bond motifs is 1. The third kappa shape index (κ3) is 4.64. The van der Waals surface area contributed by atoms with Crippen molar-refractivity contribution in [3.8, 4) is 16.3 Å². The summed E-state index contributed by atoms with van der Waals surface area (Å²) in [6.45, 7) is 2.75. The lowest BCUT2D eigenvalue weighted by Gasteiger charge is -2.11. The number of hydrogen-bond acceptors (Lipinski definition) is 4. The van der Waals surface area contributed by atoms with Crippen LogP contribution in [-0.4, -0.2) is 17.5 Å². The number of hydrogen-bond donors (Lipinski definition) is 1. The van der Waals surface area contributed by atoms with E-state index in [9.17, 15) is 4.79 Å². The molecule has 0 saturated heterocycles. The van der Waals surface area contributed by atoms with E-state index in [1.165, 1.54) is 0 Å².